The fourth-order valence-corrected chi connectivity index (χ4v) is 4.11. The number of carbonyl (C=O) groups is 1. The first kappa shape index (κ1) is 19.5. The van der Waals surface area contributed by atoms with Gasteiger partial charge in [-0.05, 0) is 37.1 Å². The number of hydrogen-bond donors (Lipinski definition) is 1. The summed E-state index contributed by atoms with van der Waals surface area (Å²) in [6.07, 6.45) is 2.26. The average molecular weight is 425 g/mol. The van der Waals surface area contributed by atoms with Crippen LogP contribution in [0.2, 0.25) is 0 Å². The van der Waals surface area contributed by atoms with Crippen LogP contribution < -0.4 is 14.8 Å². The number of amides is 1. The molecule has 1 saturated heterocycles. The first-order valence-corrected chi connectivity index (χ1v) is 10.3. The zero-order valence-electron chi connectivity index (χ0n) is 16.7. The minimum Gasteiger partial charge on any atom is -0.485 e. The van der Waals surface area contributed by atoms with E-state index in [2.05, 4.69) is 10.3 Å². The predicted octanol–water partition coefficient (Wildman–Crippen LogP) is 3.76. The van der Waals surface area contributed by atoms with Crippen molar-refractivity contribution in [3.8, 4) is 11.5 Å². The van der Waals surface area contributed by atoms with Crippen LogP contribution in [0.4, 0.5) is 14.5 Å². The number of anilines is 1. The quantitative estimate of drug-likeness (QED) is 0.693. The Hall–Kier alpha value is -3.42. The fraction of sp³-hybridized carbons (Fsp3) is 0.304. The molecule has 31 heavy (non-hydrogen) atoms. The van der Waals surface area contributed by atoms with E-state index in [1.165, 1.54) is 12.3 Å². The number of nitrogens with one attached hydrogen (secondary N) is 1. The molecule has 1 unspecified atom stereocenters. The van der Waals surface area contributed by atoms with Gasteiger partial charge in [0.15, 0.2) is 17.3 Å². The summed E-state index contributed by atoms with van der Waals surface area (Å²) in [6.45, 7) is 1.31. The Bertz CT molecular complexity index is 1130. The molecule has 0 bridgehead atoms. The van der Waals surface area contributed by atoms with Crippen molar-refractivity contribution in [3.63, 3.8) is 0 Å². The van der Waals surface area contributed by atoms with Crippen molar-refractivity contribution in [2.45, 2.75) is 25.0 Å². The number of nitrogens with zero attached hydrogens (tertiary/aromatic N) is 2. The van der Waals surface area contributed by atoms with E-state index in [0.29, 0.717) is 48.5 Å². The van der Waals surface area contributed by atoms with Gasteiger partial charge < -0.3 is 19.7 Å². The molecule has 8 heteroatoms. The van der Waals surface area contributed by atoms with E-state index in [-0.39, 0.29) is 24.1 Å². The van der Waals surface area contributed by atoms with Crippen LogP contribution in [0.3, 0.4) is 0 Å². The number of rotatable bonds is 3. The molecule has 1 atom stereocenters. The molecule has 1 N–H and O–H groups in total. The van der Waals surface area contributed by atoms with E-state index in [4.69, 9.17) is 9.47 Å². The largest absolute Gasteiger partial charge is 0.485 e. The van der Waals surface area contributed by atoms with Gasteiger partial charge in [-0.2, -0.15) is 0 Å². The van der Waals surface area contributed by atoms with Gasteiger partial charge in [0.25, 0.3) is 5.91 Å². The van der Waals surface area contributed by atoms with Crippen molar-refractivity contribution in [2.24, 2.45) is 0 Å². The molecule has 1 aromatic heterocycles. The van der Waals surface area contributed by atoms with E-state index in [1.54, 1.807) is 17.0 Å². The van der Waals surface area contributed by atoms with Gasteiger partial charge in [-0.15, -0.1) is 0 Å². The second-order valence-electron chi connectivity index (χ2n) is 7.75. The summed E-state index contributed by atoms with van der Waals surface area (Å²) in [5, 5.41) is 3.77. The third-order valence-electron chi connectivity index (χ3n) is 5.71. The number of carbonyl (C=O) groups excluding carboxylic acids is 1. The van der Waals surface area contributed by atoms with Gasteiger partial charge in [0.1, 0.15) is 17.9 Å². The summed E-state index contributed by atoms with van der Waals surface area (Å²) in [4.78, 5) is 18.7. The number of piperidine rings is 1. The maximum absolute atomic E-state index is 14.0. The van der Waals surface area contributed by atoms with Gasteiger partial charge in [0.2, 0.25) is 6.10 Å². The van der Waals surface area contributed by atoms with Gasteiger partial charge in [0, 0.05) is 42.5 Å². The Morgan fingerprint density at radius 1 is 1.10 bits per heavy atom. The maximum Gasteiger partial charge on any atom is 0.267 e. The van der Waals surface area contributed by atoms with Crippen LogP contribution in [-0.4, -0.2) is 47.6 Å². The minimum atomic E-state index is -0.685. The van der Waals surface area contributed by atoms with Crippen molar-refractivity contribution in [2.75, 3.05) is 25.0 Å². The Morgan fingerprint density at radius 2 is 1.87 bits per heavy atom. The average Bonchev–Trinajstić information content (AvgIpc) is 2.79. The molecule has 6 nitrogen and oxygen atoms in total. The lowest BCUT2D eigenvalue weighted by Crippen LogP contribution is -2.50. The van der Waals surface area contributed by atoms with Crippen LogP contribution in [0.1, 0.15) is 12.8 Å². The van der Waals surface area contributed by atoms with Crippen LogP contribution in [0.15, 0.2) is 48.7 Å². The van der Waals surface area contributed by atoms with Crippen LogP contribution in [-0.2, 0) is 4.79 Å². The molecule has 2 aliphatic rings. The molecule has 0 radical (unpaired) electrons. The normalized spacial score (nSPS) is 18.8. The van der Waals surface area contributed by atoms with Crippen molar-refractivity contribution in [3.05, 3.63) is 60.3 Å². The number of ether oxygens (including phenoxy) is 2. The van der Waals surface area contributed by atoms with Crippen molar-refractivity contribution < 1.29 is 23.0 Å². The Kier molecular flexibility index (Phi) is 5.05. The molecule has 0 aliphatic carbocycles. The number of halogens is 2. The van der Waals surface area contributed by atoms with Crippen LogP contribution >= 0.6 is 0 Å². The van der Waals surface area contributed by atoms with Crippen molar-refractivity contribution in [1.82, 2.24) is 9.88 Å². The number of aromatic nitrogens is 1. The Morgan fingerprint density at radius 3 is 2.68 bits per heavy atom. The molecular weight excluding hydrogens is 404 g/mol. The van der Waals surface area contributed by atoms with Gasteiger partial charge in [-0.25, -0.2) is 8.78 Å². The summed E-state index contributed by atoms with van der Waals surface area (Å²) >= 11 is 0. The molecule has 2 aromatic carbocycles. The zero-order valence-corrected chi connectivity index (χ0v) is 16.7. The van der Waals surface area contributed by atoms with Crippen LogP contribution in [0.25, 0.3) is 10.9 Å². The number of benzene rings is 2. The van der Waals surface area contributed by atoms with E-state index in [9.17, 15) is 13.6 Å². The number of likely N-dealkylation sites (tertiary alicyclic amines) is 1. The molecule has 3 heterocycles. The smallest absolute Gasteiger partial charge is 0.267 e. The first-order chi connectivity index (χ1) is 15.1. The number of fused-ring (bicyclic) bond motifs is 2. The summed E-state index contributed by atoms with van der Waals surface area (Å²) in [7, 11) is 0. The van der Waals surface area contributed by atoms with Crippen molar-refractivity contribution in [1.29, 1.82) is 0 Å². The molecule has 3 aromatic rings. The molecular formula is C23H21F2N3O3. The topological polar surface area (TPSA) is 63.7 Å². The number of para-hydroxylation sites is 2. The third-order valence-corrected chi connectivity index (χ3v) is 5.71. The highest BCUT2D eigenvalue weighted by Gasteiger charge is 2.33. The monoisotopic (exact) mass is 425 g/mol. The lowest BCUT2D eigenvalue weighted by molar-refractivity contribution is -0.142. The van der Waals surface area contributed by atoms with Crippen LogP contribution in [0.5, 0.6) is 11.5 Å². The highest BCUT2D eigenvalue weighted by Crippen LogP contribution is 2.32. The molecule has 160 valence electrons. The summed E-state index contributed by atoms with van der Waals surface area (Å²) in [5.41, 5.74) is 0.766. The van der Waals surface area contributed by atoms with Gasteiger partial charge >= 0.3 is 0 Å². The van der Waals surface area contributed by atoms with Crippen LogP contribution in [0, 0.1) is 11.6 Å². The number of hydrogen-bond acceptors (Lipinski definition) is 5. The second kappa shape index (κ2) is 8.02. The summed E-state index contributed by atoms with van der Waals surface area (Å²) in [5.74, 6) is -0.195. The van der Waals surface area contributed by atoms with Gasteiger partial charge in [0.05, 0.1) is 0 Å². The molecule has 0 spiro atoms. The van der Waals surface area contributed by atoms with E-state index < -0.39 is 17.7 Å². The Balaban J connectivity index is 1.22. The lowest BCUT2D eigenvalue weighted by Gasteiger charge is -2.36. The first-order valence-electron chi connectivity index (χ1n) is 10.3. The predicted molar refractivity (Wildman–Crippen MR) is 111 cm³/mol. The third kappa shape index (κ3) is 3.85. The molecule has 1 fully saturated rings. The molecule has 5 rings (SSSR count). The van der Waals surface area contributed by atoms with E-state index in [1.807, 2.05) is 18.2 Å². The molecule has 1 amide bonds. The minimum absolute atomic E-state index is 0.0743. The zero-order chi connectivity index (χ0) is 21.4. The van der Waals surface area contributed by atoms with Gasteiger partial charge in [-0.3, -0.25) is 9.78 Å². The number of pyridine rings is 1. The summed E-state index contributed by atoms with van der Waals surface area (Å²) in [6, 6.07) is 11.2. The van der Waals surface area contributed by atoms with Gasteiger partial charge in [-0.1, -0.05) is 12.1 Å². The molecule has 2 aliphatic heterocycles. The summed E-state index contributed by atoms with van der Waals surface area (Å²) < 4.78 is 39.2. The standard InChI is InChI=1S/C23H21F2N3O3/c24-14-11-16-18(5-8-26-22(16)17(25)12-14)27-15-6-9-28(10-7-15)23(29)21-13-30-19-3-1-2-4-20(19)31-21/h1-5,8,11-12,15,21H,6-7,9-10,13H2,(H,26,27). The van der Waals surface area contributed by atoms with Crippen molar-refractivity contribution >= 4 is 22.5 Å². The second-order valence-corrected chi connectivity index (χ2v) is 7.75. The fourth-order valence-electron chi connectivity index (χ4n) is 4.11. The lowest BCUT2D eigenvalue weighted by atomic mass is 10.0. The molecule has 0 saturated carbocycles. The highest BCUT2D eigenvalue weighted by molar-refractivity contribution is 5.91. The SMILES string of the molecule is O=C(C1COc2ccccc2O1)N1CCC(Nc2ccnc3c(F)cc(F)cc23)CC1. The van der Waals surface area contributed by atoms with E-state index in [0.717, 1.165) is 6.07 Å². The maximum atomic E-state index is 14.0. The highest BCUT2D eigenvalue weighted by atomic mass is 19.1. The Labute approximate surface area is 177 Å². The van der Waals surface area contributed by atoms with E-state index >= 15 is 0 Å².